The molecule has 0 fully saturated rings. The number of hydrogen-bond donors (Lipinski definition) is 1. The summed E-state index contributed by atoms with van der Waals surface area (Å²) in [5.41, 5.74) is 1.52. The van der Waals surface area contributed by atoms with E-state index in [0.29, 0.717) is 30.4 Å². The summed E-state index contributed by atoms with van der Waals surface area (Å²) in [6, 6.07) is 5.65. The highest BCUT2D eigenvalue weighted by Crippen LogP contribution is 2.31. The summed E-state index contributed by atoms with van der Waals surface area (Å²) in [5.74, 6) is 0.268. The fraction of sp³-hybridized carbons (Fsp3) is 0.263. The zero-order valence-electron chi connectivity index (χ0n) is 14.9. The molecular formula is C19H22N4O2S. The Morgan fingerprint density at radius 3 is 3.00 bits per heavy atom. The number of aliphatic imine (C=N–C) groups is 1. The molecule has 0 aliphatic heterocycles. The second kappa shape index (κ2) is 10.2. The van der Waals surface area contributed by atoms with Gasteiger partial charge in [0.25, 0.3) is 0 Å². The number of allylic oxidation sites excluding steroid dienone is 2. The van der Waals surface area contributed by atoms with Gasteiger partial charge in [-0.05, 0) is 38.5 Å². The van der Waals surface area contributed by atoms with E-state index in [4.69, 9.17) is 4.74 Å². The van der Waals surface area contributed by atoms with Crippen LogP contribution in [0.25, 0.3) is 11.4 Å². The number of nitrogens with one attached hydrogen (secondary N) is 1. The van der Waals surface area contributed by atoms with Crippen LogP contribution in [0.15, 0.2) is 53.9 Å². The maximum atomic E-state index is 11.7. The number of carbonyl (C=O) groups is 1. The quantitative estimate of drug-likeness (QED) is 0.528. The highest BCUT2D eigenvalue weighted by atomic mass is 32.1. The van der Waals surface area contributed by atoms with Crippen molar-refractivity contribution in [2.24, 2.45) is 4.99 Å². The van der Waals surface area contributed by atoms with E-state index in [1.54, 1.807) is 19.3 Å². The molecule has 6 nitrogen and oxygen atoms in total. The van der Waals surface area contributed by atoms with Crippen LogP contribution >= 0.6 is 11.3 Å². The SMILES string of the molecule is C=C(N=C/C=C\C)Nc1nc(-c2ccccn2)c(CCC(=O)OCC)s1. The molecule has 0 aliphatic rings. The number of ether oxygens (including phenoxy) is 1. The molecule has 0 unspecified atom stereocenters. The minimum Gasteiger partial charge on any atom is -0.466 e. The van der Waals surface area contributed by atoms with E-state index in [0.717, 1.165) is 16.3 Å². The molecule has 136 valence electrons. The highest BCUT2D eigenvalue weighted by Gasteiger charge is 2.16. The summed E-state index contributed by atoms with van der Waals surface area (Å²) in [6.45, 7) is 7.96. The molecule has 7 heteroatoms. The third-order valence-electron chi connectivity index (χ3n) is 3.23. The molecule has 0 spiro atoms. The van der Waals surface area contributed by atoms with E-state index in [2.05, 4.69) is 26.9 Å². The van der Waals surface area contributed by atoms with Crippen LogP contribution in [0, 0.1) is 0 Å². The number of anilines is 1. The smallest absolute Gasteiger partial charge is 0.306 e. The summed E-state index contributed by atoms with van der Waals surface area (Å²) in [5, 5.41) is 3.74. The van der Waals surface area contributed by atoms with Gasteiger partial charge < -0.3 is 10.1 Å². The molecule has 26 heavy (non-hydrogen) atoms. The van der Waals surface area contributed by atoms with Gasteiger partial charge in [0.15, 0.2) is 5.13 Å². The number of rotatable bonds is 9. The standard InChI is InChI=1S/C19H22N4O2S/c1-4-6-12-20-14(3)22-19-23-18(15-9-7-8-13-21-15)16(26-19)10-11-17(24)25-5-2/h4,6-9,12-13H,3,5,10-11H2,1-2H3,(H,22,23)/b6-4-,20-12?. The Bertz CT molecular complexity index is 797. The van der Waals surface area contributed by atoms with Gasteiger partial charge in [-0.25, -0.2) is 9.98 Å². The van der Waals surface area contributed by atoms with Gasteiger partial charge in [-0.3, -0.25) is 9.78 Å². The van der Waals surface area contributed by atoms with Crippen molar-refractivity contribution >= 4 is 28.7 Å². The van der Waals surface area contributed by atoms with Gasteiger partial charge in [0, 0.05) is 17.3 Å². The Balaban J connectivity index is 2.20. The third kappa shape index (κ3) is 5.93. The van der Waals surface area contributed by atoms with Crippen molar-refractivity contribution in [3.05, 3.63) is 53.8 Å². The molecule has 1 N–H and O–H groups in total. The molecule has 0 bridgehead atoms. The average molecular weight is 370 g/mol. The fourth-order valence-electron chi connectivity index (χ4n) is 2.10. The second-order valence-corrected chi connectivity index (χ2v) is 6.27. The van der Waals surface area contributed by atoms with E-state index in [9.17, 15) is 4.79 Å². The van der Waals surface area contributed by atoms with E-state index < -0.39 is 0 Å². The molecule has 0 aliphatic carbocycles. The van der Waals surface area contributed by atoms with Gasteiger partial charge >= 0.3 is 5.97 Å². The average Bonchev–Trinajstić information content (AvgIpc) is 3.04. The molecule has 2 rings (SSSR count). The minimum atomic E-state index is -0.220. The summed E-state index contributed by atoms with van der Waals surface area (Å²) >= 11 is 1.46. The monoisotopic (exact) mass is 370 g/mol. The summed E-state index contributed by atoms with van der Waals surface area (Å²) in [7, 11) is 0. The van der Waals surface area contributed by atoms with Crippen LogP contribution in [-0.4, -0.2) is 28.8 Å². The van der Waals surface area contributed by atoms with Gasteiger partial charge in [-0.15, -0.1) is 11.3 Å². The van der Waals surface area contributed by atoms with Crippen LogP contribution in [0.3, 0.4) is 0 Å². The van der Waals surface area contributed by atoms with Crippen LogP contribution in [0.1, 0.15) is 25.1 Å². The van der Waals surface area contributed by atoms with Crippen LogP contribution in [-0.2, 0) is 16.0 Å². The van der Waals surface area contributed by atoms with Gasteiger partial charge in [-0.2, -0.15) is 0 Å². The lowest BCUT2D eigenvalue weighted by atomic mass is 10.2. The fourth-order valence-corrected chi connectivity index (χ4v) is 3.09. The predicted molar refractivity (Wildman–Crippen MR) is 106 cm³/mol. The molecule has 2 aromatic heterocycles. The van der Waals surface area contributed by atoms with Gasteiger partial charge in [0.05, 0.1) is 18.7 Å². The Hall–Kier alpha value is -2.80. The van der Waals surface area contributed by atoms with Crippen molar-refractivity contribution in [2.75, 3.05) is 11.9 Å². The number of nitrogens with zero attached hydrogens (tertiary/aromatic N) is 3. The van der Waals surface area contributed by atoms with E-state index in [-0.39, 0.29) is 5.97 Å². The predicted octanol–water partition coefficient (Wildman–Crippen LogP) is 4.23. The van der Waals surface area contributed by atoms with Crippen LogP contribution in [0.4, 0.5) is 5.13 Å². The van der Waals surface area contributed by atoms with Crippen LogP contribution in [0.2, 0.25) is 0 Å². The van der Waals surface area contributed by atoms with Crippen molar-refractivity contribution in [3.8, 4) is 11.4 Å². The van der Waals surface area contributed by atoms with Crippen molar-refractivity contribution in [1.29, 1.82) is 0 Å². The van der Waals surface area contributed by atoms with Crippen molar-refractivity contribution in [3.63, 3.8) is 0 Å². The zero-order chi connectivity index (χ0) is 18.8. The Labute approximate surface area is 157 Å². The molecule has 0 atom stereocenters. The highest BCUT2D eigenvalue weighted by molar-refractivity contribution is 7.16. The molecule has 0 saturated heterocycles. The first-order valence-corrected chi connectivity index (χ1v) is 9.13. The Kier molecular flexibility index (Phi) is 7.70. The largest absolute Gasteiger partial charge is 0.466 e. The third-order valence-corrected chi connectivity index (χ3v) is 4.26. The zero-order valence-corrected chi connectivity index (χ0v) is 15.8. The number of aromatic nitrogens is 2. The van der Waals surface area contributed by atoms with Crippen molar-refractivity contribution in [2.45, 2.75) is 26.7 Å². The van der Waals surface area contributed by atoms with Gasteiger partial charge in [0.1, 0.15) is 11.5 Å². The first-order chi connectivity index (χ1) is 12.6. The lowest BCUT2D eigenvalue weighted by Crippen LogP contribution is -2.05. The lowest BCUT2D eigenvalue weighted by Gasteiger charge is -2.02. The maximum absolute atomic E-state index is 11.7. The number of esters is 1. The summed E-state index contributed by atoms with van der Waals surface area (Å²) < 4.78 is 5.01. The lowest BCUT2D eigenvalue weighted by molar-refractivity contribution is -0.143. The van der Waals surface area contributed by atoms with E-state index in [1.165, 1.54) is 11.3 Å². The minimum absolute atomic E-state index is 0.220. The van der Waals surface area contributed by atoms with Crippen LogP contribution < -0.4 is 5.32 Å². The number of thiazole rings is 1. The molecular weight excluding hydrogens is 348 g/mol. The molecule has 0 amide bonds. The van der Waals surface area contributed by atoms with Crippen LogP contribution in [0.5, 0.6) is 0 Å². The van der Waals surface area contributed by atoms with Gasteiger partial charge in [0.2, 0.25) is 0 Å². The molecule has 0 aromatic carbocycles. The number of hydrogen-bond acceptors (Lipinski definition) is 7. The maximum Gasteiger partial charge on any atom is 0.306 e. The normalized spacial score (nSPS) is 11.2. The molecule has 0 saturated carbocycles. The van der Waals surface area contributed by atoms with Crippen molar-refractivity contribution in [1.82, 2.24) is 9.97 Å². The number of carbonyl (C=O) groups excluding carboxylic acids is 1. The topological polar surface area (TPSA) is 76.5 Å². The molecule has 0 radical (unpaired) electrons. The Morgan fingerprint density at radius 2 is 2.31 bits per heavy atom. The van der Waals surface area contributed by atoms with Crippen molar-refractivity contribution < 1.29 is 9.53 Å². The first kappa shape index (κ1) is 19.5. The Morgan fingerprint density at radius 1 is 1.46 bits per heavy atom. The van der Waals surface area contributed by atoms with Gasteiger partial charge in [-0.1, -0.05) is 18.7 Å². The summed E-state index contributed by atoms with van der Waals surface area (Å²) in [6.07, 6.45) is 7.92. The molecule has 2 heterocycles. The molecule has 2 aromatic rings. The summed E-state index contributed by atoms with van der Waals surface area (Å²) in [4.78, 5) is 25.8. The first-order valence-electron chi connectivity index (χ1n) is 8.32. The second-order valence-electron chi connectivity index (χ2n) is 5.19. The van der Waals surface area contributed by atoms with E-state index in [1.807, 2.05) is 37.3 Å². The number of aryl methyl sites for hydroxylation is 1. The van der Waals surface area contributed by atoms with E-state index >= 15 is 0 Å². The number of pyridine rings is 1.